The van der Waals surface area contributed by atoms with E-state index in [2.05, 4.69) is 5.10 Å². The first-order valence-electron chi connectivity index (χ1n) is 9.15. The zero-order valence-corrected chi connectivity index (χ0v) is 15.7. The molecule has 8 heteroatoms. The molecule has 0 spiro atoms. The molecule has 8 nitrogen and oxygen atoms in total. The quantitative estimate of drug-likeness (QED) is 0.702. The Hall–Kier alpha value is -2.58. The van der Waals surface area contributed by atoms with Crippen LogP contribution in [-0.2, 0) is 11.3 Å². The predicted molar refractivity (Wildman–Crippen MR) is 98.5 cm³/mol. The highest BCUT2D eigenvalue weighted by Crippen LogP contribution is 2.32. The topological polar surface area (TPSA) is 86.0 Å². The van der Waals surface area contributed by atoms with Gasteiger partial charge in [-0.15, -0.1) is 0 Å². The number of rotatable bonds is 8. The Morgan fingerprint density at radius 1 is 1.30 bits per heavy atom. The van der Waals surface area contributed by atoms with E-state index < -0.39 is 5.97 Å². The third-order valence-electron chi connectivity index (χ3n) is 4.37. The number of hydrogen-bond acceptors (Lipinski definition) is 7. The number of aliphatic hydroxyl groups excluding tert-OH is 1. The average molecular weight is 375 g/mol. The second-order valence-corrected chi connectivity index (χ2v) is 6.06. The number of carbonyl (C=O) groups is 1. The summed E-state index contributed by atoms with van der Waals surface area (Å²) in [5.41, 5.74) is 1.90. The maximum atomic E-state index is 12.4. The van der Waals surface area contributed by atoms with Gasteiger partial charge in [0.05, 0.1) is 30.8 Å². The molecule has 0 atom stereocenters. The molecular weight excluding hydrogens is 350 g/mol. The summed E-state index contributed by atoms with van der Waals surface area (Å²) >= 11 is 0. The minimum Gasteiger partial charge on any atom is -0.486 e. The fourth-order valence-electron chi connectivity index (χ4n) is 2.99. The van der Waals surface area contributed by atoms with Gasteiger partial charge in [-0.3, -0.25) is 4.90 Å². The molecule has 1 aromatic carbocycles. The summed E-state index contributed by atoms with van der Waals surface area (Å²) in [4.78, 5) is 14.4. The van der Waals surface area contributed by atoms with Gasteiger partial charge in [0.15, 0.2) is 11.5 Å². The van der Waals surface area contributed by atoms with Crippen molar-refractivity contribution < 1.29 is 24.1 Å². The molecule has 146 valence electrons. The zero-order chi connectivity index (χ0) is 19.2. The fraction of sp³-hybridized carbons (Fsp3) is 0.474. The van der Waals surface area contributed by atoms with E-state index in [1.807, 2.05) is 30.0 Å². The molecule has 1 aromatic heterocycles. The number of likely N-dealkylation sites (N-methyl/N-ethyl adjacent to an activating group) is 1. The van der Waals surface area contributed by atoms with Gasteiger partial charge in [0, 0.05) is 19.2 Å². The molecule has 1 N–H and O–H groups in total. The first kappa shape index (κ1) is 19.2. The third kappa shape index (κ3) is 4.23. The number of ether oxygens (including phenoxy) is 3. The first-order valence-corrected chi connectivity index (χ1v) is 9.15. The van der Waals surface area contributed by atoms with E-state index in [9.17, 15) is 9.90 Å². The lowest BCUT2D eigenvalue weighted by Gasteiger charge is -2.22. The standard InChI is InChI=1S/C19H25N3O5/c1-3-21(7-8-23)13-16-15(19(24)25-4-2)12-20-22(16)14-5-6-17-18(11-14)27-10-9-26-17/h5-6,11-12,23H,3-4,7-10,13H2,1-2H3. The number of aliphatic hydroxyl groups is 1. The van der Waals surface area contributed by atoms with Crippen LogP contribution in [0.4, 0.5) is 0 Å². The molecule has 0 unspecified atom stereocenters. The van der Waals surface area contributed by atoms with E-state index in [0.717, 1.165) is 12.2 Å². The molecule has 0 saturated carbocycles. The molecule has 1 aliphatic heterocycles. The highest BCUT2D eigenvalue weighted by atomic mass is 16.6. The minimum absolute atomic E-state index is 0.0424. The first-order chi connectivity index (χ1) is 13.2. The largest absolute Gasteiger partial charge is 0.486 e. The van der Waals surface area contributed by atoms with Gasteiger partial charge in [0.1, 0.15) is 18.8 Å². The van der Waals surface area contributed by atoms with Crippen molar-refractivity contribution in [1.29, 1.82) is 0 Å². The maximum Gasteiger partial charge on any atom is 0.341 e. The number of esters is 1. The van der Waals surface area contributed by atoms with E-state index in [0.29, 0.717) is 55.7 Å². The Morgan fingerprint density at radius 2 is 2.07 bits per heavy atom. The van der Waals surface area contributed by atoms with Crippen LogP contribution in [0, 0.1) is 0 Å². The molecule has 0 amide bonds. The number of carbonyl (C=O) groups excluding carboxylic acids is 1. The Morgan fingerprint density at radius 3 is 2.78 bits per heavy atom. The van der Waals surface area contributed by atoms with Crippen LogP contribution in [0.2, 0.25) is 0 Å². The summed E-state index contributed by atoms with van der Waals surface area (Å²) < 4.78 is 18.1. The van der Waals surface area contributed by atoms with Crippen LogP contribution in [0.15, 0.2) is 24.4 Å². The van der Waals surface area contributed by atoms with Crippen molar-refractivity contribution >= 4 is 5.97 Å². The molecule has 27 heavy (non-hydrogen) atoms. The molecule has 0 saturated heterocycles. The van der Waals surface area contributed by atoms with Crippen LogP contribution in [0.1, 0.15) is 29.9 Å². The number of nitrogens with zero attached hydrogens (tertiary/aromatic N) is 3. The summed E-state index contributed by atoms with van der Waals surface area (Å²) in [6.45, 7) is 6.83. The van der Waals surface area contributed by atoms with E-state index in [1.165, 1.54) is 6.20 Å². The molecule has 0 bridgehead atoms. The maximum absolute atomic E-state index is 12.4. The van der Waals surface area contributed by atoms with Gasteiger partial charge in [0.2, 0.25) is 0 Å². The second-order valence-electron chi connectivity index (χ2n) is 6.06. The van der Waals surface area contributed by atoms with Crippen LogP contribution in [0.5, 0.6) is 11.5 Å². The van der Waals surface area contributed by atoms with E-state index in [1.54, 1.807) is 11.6 Å². The summed E-state index contributed by atoms with van der Waals surface area (Å²) in [6.07, 6.45) is 1.52. The number of hydrogen-bond donors (Lipinski definition) is 1. The fourth-order valence-corrected chi connectivity index (χ4v) is 2.99. The molecule has 2 aromatic rings. The second kappa shape index (κ2) is 8.88. The molecular formula is C19H25N3O5. The lowest BCUT2D eigenvalue weighted by atomic mass is 10.2. The SMILES string of the molecule is CCOC(=O)c1cnn(-c2ccc3c(c2)OCCO3)c1CN(CC)CCO. The van der Waals surface area contributed by atoms with Crippen molar-refractivity contribution in [3.63, 3.8) is 0 Å². The normalized spacial score (nSPS) is 13.0. The highest BCUT2D eigenvalue weighted by Gasteiger charge is 2.22. The van der Waals surface area contributed by atoms with Crippen LogP contribution < -0.4 is 9.47 Å². The Labute approximate surface area is 158 Å². The van der Waals surface area contributed by atoms with Crippen LogP contribution in [0.25, 0.3) is 5.69 Å². The summed E-state index contributed by atoms with van der Waals surface area (Å²) in [5, 5.41) is 13.7. The van der Waals surface area contributed by atoms with E-state index in [-0.39, 0.29) is 6.61 Å². The number of fused-ring (bicyclic) bond motifs is 1. The molecule has 3 rings (SSSR count). The molecule has 0 aliphatic carbocycles. The monoisotopic (exact) mass is 375 g/mol. The Bertz CT molecular complexity index is 790. The van der Waals surface area contributed by atoms with Gasteiger partial charge in [-0.25, -0.2) is 9.48 Å². The van der Waals surface area contributed by atoms with E-state index in [4.69, 9.17) is 14.2 Å². The smallest absolute Gasteiger partial charge is 0.341 e. The number of benzene rings is 1. The lowest BCUT2D eigenvalue weighted by Crippen LogP contribution is -2.28. The van der Waals surface area contributed by atoms with Crippen molar-refractivity contribution in [3.8, 4) is 17.2 Å². The summed E-state index contributed by atoms with van der Waals surface area (Å²) in [6, 6.07) is 5.56. The molecule has 1 aliphatic rings. The zero-order valence-electron chi connectivity index (χ0n) is 15.7. The Balaban J connectivity index is 2.00. The van der Waals surface area contributed by atoms with Crippen LogP contribution >= 0.6 is 0 Å². The molecule has 2 heterocycles. The average Bonchev–Trinajstić information content (AvgIpc) is 3.11. The van der Waals surface area contributed by atoms with Gasteiger partial charge in [-0.2, -0.15) is 5.10 Å². The van der Waals surface area contributed by atoms with Crippen LogP contribution in [0.3, 0.4) is 0 Å². The van der Waals surface area contributed by atoms with Gasteiger partial charge < -0.3 is 19.3 Å². The van der Waals surface area contributed by atoms with Gasteiger partial charge in [-0.05, 0) is 25.6 Å². The van der Waals surface area contributed by atoms with Crippen molar-refractivity contribution in [3.05, 3.63) is 35.7 Å². The lowest BCUT2D eigenvalue weighted by molar-refractivity contribution is 0.0523. The van der Waals surface area contributed by atoms with Crippen molar-refractivity contribution in [2.75, 3.05) is 39.5 Å². The minimum atomic E-state index is -0.406. The molecule has 0 radical (unpaired) electrons. The summed E-state index contributed by atoms with van der Waals surface area (Å²) in [5.74, 6) is 0.941. The van der Waals surface area contributed by atoms with Crippen molar-refractivity contribution in [2.24, 2.45) is 0 Å². The van der Waals surface area contributed by atoms with Gasteiger partial charge >= 0.3 is 5.97 Å². The number of aromatic nitrogens is 2. The predicted octanol–water partition coefficient (Wildman–Crippen LogP) is 1.63. The third-order valence-corrected chi connectivity index (χ3v) is 4.37. The van der Waals surface area contributed by atoms with Crippen molar-refractivity contribution in [2.45, 2.75) is 20.4 Å². The van der Waals surface area contributed by atoms with Crippen LogP contribution in [-0.4, -0.2) is 65.3 Å². The molecule has 0 fully saturated rings. The van der Waals surface area contributed by atoms with Gasteiger partial charge in [0.25, 0.3) is 0 Å². The van der Waals surface area contributed by atoms with Crippen molar-refractivity contribution in [1.82, 2.24) is 14.7 Å². The Kier molecular flexibility index (Phi) is 6.31. The van der Waals surface area contributed by atoms with E-state index >= 15 is 0 Å². The van der Waals surface area contributed by atoms with Gasteiger partial charge in [-0.1, -0.05) is 6.92 Å². The highest BCUT2D eigenvalue weighted by molar-refractivity contribution is 5.90. The summed E-state index contributed by atoms with van der Waals surface area (Å²) in [7, 11) is 0.